The summed E-state index contributed by atoms with van der Waals surface area (Å²) in [6.07, 6.45) is 3.86. The maximum Gasteiger partial charge on any atom is 0.0297 e. The number of hydrogen-bond acceptors (Lipinski definition) is 2. The number of hydrogen-bond donors (Lipinski definition) is 1. The number of aryl methyl sites for hydroxylation is 2. The fourth-order valence-corrected chi connectivity index (χ4v) is 3.68. The first-order valence-corrected chi connectivity index (χ1v) is 7.73. The van der Waals surface area contributed by atoms with Crippen molar-refractivity contribution in [3.8, 4) is 0 Å². The third-order valence-electron chi connectivity index (χ3n) is 3.89. The molecule has 1 aliphatic heterocycles. The standard InChI is InChI=1S/C15H23NS/c1-11-3-4-14(9-12(11)2)15(16)10-13-5-7-17-8-6-13/h3-4,9,13,15H,5-8,10,16H2,1-2H3. The number of thioether (sulfide) groups is 1. The molecule has 17 heavy (non-hydrogen) atoms. The maximum atomic E-state index is 6.34. The predicted octanol–water partition coefficient (Wildman–Crippen LogP) is 3.84. The minimum absolute atomic E-state index is 0.224. The summed E-state index contributed by atoms with van der Waals surface area (Å²) in [4.78, 5) is 0. The van der Waals surface area contributed by atoms with E-state index in [4.69, 9.17) is 5.73 Å². The first-order valence-electron chi connectivity index (χ1n) is 6.57. The molecule has 0 amide bonds. The molecule has 94 valence electrons. The largest absolute Gasteiger partial charge is 0.324 e. The maximum absolute atomic E-state index is 6.34. The predicted molar refractivity (Wildman–Crippen MR) is 77.5 cm³/mol. The molecule has 1 aliphatic rings. The minimum Gasteiger partial charge on any atom is -0.324 e. The Kier molecular flexibility index (Phi) is 4.52. The highest BCUT2D eigenvalue weighted by Gasteiger charge is 2.18. The van der Waals surface area contributed by atoms with E-state index in [-0.39, 0.29) is 6.04 Å². The van der Waals surface area contributed by atoms with Crippen molar-refractivity contribution in [2.45, 2.75) is 39.2 Å². The van der Waals surface area contributed by atoms with Gasteiger partial charge in [0.2, 0.25) is 0 Å². The van der Waals surface area contributed by atoms with Crippen LogP contribution in [0.5, 0.6) is 0 Å². The van der Waals surface area contributed by atoms with E-state index >= 15 is 0 Å². The Hall–Kier alpha value is -0.470. The van der Waals surface area contributed by atoms with E-state index in [9.17, 15) is 0 Å². The Morgan fingerprint density at radius 3 is 2.59 bits per heavy atom. The molecule has 2 rings (SSSR count). The lowest BCUT2D eigenvalue weighted by atomic mass is 9.90. The molecular formula is C15H23NS. The van der Waals surface area contributed by atoms with Crippen LogP contribution < -0.4 is 5.73 Å². The molecule has 1 nitrogen and oxygen atoms in total. The van der Waals surface area contributed by atoms with Gasteiger partial charge in [-0.05, 0) is 67.2 Å². The van der Waals surface area contributed by atoms with Gasteiger partial charge in [-0.25, -0.2) is 0 Å². The zero-order valence-electron chi connectivity index (χ0n) is 10.9. The summed E-state index contributed by atoms with van der Waals surface area (Å²) < 4.78 is 0. The molecule has 0 bridgehead atoms. The lowest BCUT2D eigenvalue weighted by molar-refractivity contribution is 0.413. The molecule has 1 atom stereocenters. The highest BCUT2D eigenvalue weighted by atomic mass is 32.2. The second-order valence-corrected chi connectivity index (χ2v) is 6.47. The average Bonchev–Trinajstić information content (AvgIpc) is 2.34. The van der Waals surface area contributed by atoms with Gasteiger partial charge in [-0.2, -0.15) is 11.8 Å². The van der Waals surface area contributed by atoms with Crippen LogP contribution in [0.15, 0.2) is 18.2 Å². The van der Waals surface area contributed by atoms with E-state index in [1.165, 1.54) is 41.0 Å². The molecule has 0 aliphatic carbocycles. The third-order valence-corrected chi connectivity index (χ3v) is 4.94. The summed E-state index contributed by atoms with van der Waals surface area (Å²) in [5.74, 6) is 3.49. The Morgan fingerprint density at radius 2 is 1.94 bits per heavy atom. The molecule has 0 saturated carbocycles. The van der Waals surface area contributed by atoms with Gasteiger partial charge in [-0.15, -0.1) is 0 Å². The van der Waals surface area contributed by atoms with Gasteiger partial charge in [0.25, 0.3) is 0 Å². The third kappa shape index (κ3) is 3.49. The van der Waals surface area contributed by atoms with Crippen LogP contribution >= 0.6 is 11.8 Å². The quantitative estimate of drug-likeness (QED) is 0.881. The second-order valence-electron chi connectivity index (χ2n) is 5.24. The average molecular weight is 249 g/mol. The summed E-state index contributed by atoms with van der Waals surface area (Å²) in [6.45, 7) is 4.33. The van der Waals surface area contributed by atoms with Gasteiger partial charge in [0.05, 0.1) is 0 Å². The van der Waals surface area contributed by atoms with Crippen molar-refractivity contribution in [1.82, 2.24) is 0 Å². The van der Waals surface area contributed by atoms with E-state index in [1.54, 1.807) is 0 Å². The van der Waals surface area contributed by atoms with Crippen molar-refractivity contribution in [3.05, 3.63) is 34.9 Å². The molecule has 0 aromatic heterocycles. The zero-order valence-corrected chi connectivity index (χ0v) is 11.7. The summed E-state index contributed by atoms with van der Waals surface area (Å²) in [6, 6.07) is 6.88. The van der Waals surface area contributed by atoms with Crippen molar-refractivity contribution in [2.75, 3.05) is 11.5 Å². The van der Waals surface area contributed by atoms with Gasteiger partial charge in [-0.1, -0.05) is 18.2 Å². The second kappa shape index (κ2) is 5.92. The Labute approximate surface area is 109 Å². The van der Waals surface area contributed by atoms with E-state index < -0.39 is 0 Å². The van der Waals surface area contributed by atoms with E-state index in [2.05, 4.69) is 43.8 Å². The molecule has 1 aromatic rings. The highest BCUT2D eigenvalue weighted by molar-refractivity contribution is 7.99. The summed E-state index contributed by atoms with van der Waals surface area (Å²) >= 11 is 2.09. The lowest BCUT2D eigenvalue weighted by Crippen LogP contribution is -2.18. The first-order chi connectivity index (χ1) is 8.16. The molecule has 2 N–H and O–H groups in total. The molecule has 1 fully saturated rings. The van der Waals surface area contributed by atoms with Gasteiger partial charge in [0.15, 0.2) is 0 Å². The van der Waals surface area contributed by atoms with Crippen LogP contribution in [0.1, 0.15) is 42.0 Å². The van der Waals surface area contributed by atoms with Crippen LogP contribution in [0.3, 0.4) is 0 Å². The van der Waals surface area contributed by atoms with Crippen LogP contribution in [-0.2, 0) is 0 Å². The van der Waals surface area contributed by atoms with Crippen LogP contribution in [-0.4, -0.2) is 11.5 Å². The van der Waals surface area contributed by atoms with Crippen LogP contribution in [0.25, 0.3) is 0 Å². The molecule has 1 unspecified atom stereocenters. The first kappa shape index (κ1) is 13.0. The highest BCUT2D eigenvalue weighted by Crippen LogP contribution is 2.30. The van der Waals surface area contributed by atoms with Gasteiger partial charge in [0, 0.05) is 6.04 Å². The van der Waals surface area contributed by atoms with Crippen molar-refractivity contribution in [1.29, 1.82) is 0 Å². The lowest BCUT2D eigenvalue weighted by Gasteiger charge is -2.24. The number of nitrogens with two attached hydrogens (primary N) is 1. The van der Waals surface area contributed by atoms with Crippen molar-refractivity contribution in [2.24, 2.45) is 11.7 Å². The molecule has 1 aromatic carbocycles. The van der Waals surface area contributed by atoms with E-state index in [0.29, 0.717) is 0 Å². The van der Waals surface area contributed by atoms with Gasteiger partial charge >= 0.3 is 0 Å². The minimum atomic E-state index is 0.224. The zero-order chi connectivity index (χ0) is 12.3. The number of rotatable bonds is 3. The van der Waals surface area contributed by atoms with Gasteiger partial charge in [-0.3, -0.25) is 0 Å². The Morgan fingerprint density at radius 1 is 1.24 bits per heavy atom. The topological polar surface area (TPSA) is 26.0 Å². The van der Waals surface area contributed by atoms with Crippen molar-refractivity contribution >= 4 is 11.8 Å². The van der Waals surface area contributed by atoms with Gasteiger partial charge in [0.1, 0.15) is 0 Å². The van der Waals surface area contributed by atoms with Crippen molar-refractivity contribution < 1.29 is 0 Å². The van der Waals surface area contributed by atoms with Crippen LogP contribution in [0, 0.1) is 19.8 Å². The molecule has 0 radical (unpaired) electrons. The normalized spacial score (nSPS) is 19.2. The Balaban J connectivity index is 1.98. The monoisotopic (exact) mass is 249 g/mol. The molecule has 1 saturated heterocycles. The van der Waals surface area contributed by atoms with E-state index in [1.807, 2.05) is 0 Å². The van der Waals surface area contributed by atoms with Crippen LogP contribution in [0.2, 0.25) is 0 Å². The van der Waals surface area contributed by atoms with E-state index in [0.717, 1.165) is 12.3 Å². The smallest absolute Gasteiger partial charge is 0.0297 e. The Bertz CT molecular complexity index is 369. The molecule has 0 spiro atoms. The SMILES string of the molecule is Cc1ccc(C(N)CC2CCSCC2)cc1C. The van der Waals surface area contributed by atoms with Crippen LogP contribution in [0.4, 0.5) is 0 Å². The molecule has 1 heterocycles. The summed E-state index contributed by atoms with van der Waals surface area (Å²) in [7, 11) is 0. The van der Waals surface area contributed by atoms with Crippen molar-refractivity contribution in [3.63, 3.8) is 0 Å². The van der Waals surface area contributed by atoms with Gasteiger partial charge < -0.3 is 5.73 Å². The molecular weight excluding hydrogens is 226 g/mol. The fraction of sp³-hybridized carbons (Fsp3) is 0.600. The molecule has 2 heteroatoms. The summed E-state index contributed by atoms with van der Waals surface area (Å²) in [5.41, 5.74) is 10.4. The fourth-order valence-electron chi connectivity index (χ4n) is 2.47. The number of benzene rings is 1. The summed E-state index contributed by atoms with van der Waals surface area (Å²) in [5, 5.41) is 0.